The molecule has 0 aliphatic carbocycles. The molecule has 0 saturated heterocycles. The zero-order chi connectivity index (χ0) is 18.8. The van der Waals surface area contributed by atoms with Gasteiger partial charge in [-0.1, -0.05) is 33.6 Å². The lowest BCUT2D eigenvalue weighted by Gasteiger charge is -2.21. The van der Waals surface area contributed by atoms with E-state index in [4.69, 9.17) is 9.84 Å². The Hall–Kier alpha value is -1.59. The Morgan fingerprint density at radius 3 is 2.29 bits per heavy atom. The van der Waals surface area contributed by atoms with Gasteiger partial charge in [0, 0.05) is 6.54 Å². The minimum absolute atomic E-state index is 0.237. The van der Waals surface area contributed by atoms with Crippen molar-refractivity contribution in [1.29, 1.82) is 0 Å². The van der Waals surface area contributed by atoms with Gasteiger partial charge in [-0.2, -0.15) is 0 Å². The molecule has 0 fully saturated rings. The van der Waals surface area contributed by atoms with Crippen molar-refractivity contribution in [1.82, 2.24) is 5.32 Å². The van der Waals surface area contributed by atoms with E-state index in [0.717, 1.165) is 12.8 Å². The van der Waals surface area contributed by atoms with E-state index in [2.05, 4.69) is 5.32 Å². The lowest BCUT2D eigenvalue weighted by molar-refractivity contribution is -0.154. The second kappa shape index (κ2) is 11.0. The van der Waals surface area contributed by atoms with Gasteiger partial charge in [0.1, 0.15) is 0 Å². The Bertz CT molecular complexity index is 420. The van der Waals surface area contributed by atoms with Crippen LogP contribution < -0.4 is 5.32 Å². The highest BCUT2D eigenvalue weighted by Crippen LogP contribution is 2.21. The van der Waals surface area contributed by atoms with Crippen molar-refractivity contribution in [3.8, 4) is 0 Å². The standard InChI is InChI=1S/C18H33NO5/c1-6-8-10-14(13(3)16(21)22)15(20)19-11-9-12-24-17(23)18(4,5)7-2/h13-14H,6-12H2,1-5H3,(H,19,20)(H,21,22). The fourth-order valence-electron chi connectivity index (χ4n) is 2.12. The Labute approximate surface area is 145 Å². The van der Waals surface area contributed by atoms with Crippen LogP contribution in [0.15, 0.2) is 0 Å². The van der Waals surface area contributed by atoms with Crippen LogP contribution in [-0.4, -0.2) is 36.1 Å². The van der Waals surface area contributed by atoms with Crippen molar-refractivity contribution < 1.29 is 24.2 Å². The van der Waals surface area contributed by atoms with Gasteiger partial charge in [-0.25, -0.2) is 0 Å². The van der Waals surface area contributed by atoms with Crippen LogP contribution in [0.3, 0.4) is 0 Å². The minimum atomic E-state index is -0.956. The maximum Gasteiger partial charge on any atom is 0.311 e. The molecule has 0 aromatic heterocycles. The zero-order valence-electron chi connectivity index (χ0n) is 15.7. The smallest absolute Gasteiger partial charge is 0.311 e. The molecule has 6 heteroatoms. The van der Waals surface area contributed by atoms with E-state index in [-0.39, 0.29) is 18.5 Å². The van der Waals surface area contributed by atoms with Crippen LogP contribution >= 0.6 is 0 Å². The van der Waals surface area contributed by atoms with E-state index in [0.29, 0.717) is 25.8 Å². The highest BCUT2D eigenvalue weighted by molar-refractivity contribution is 5.84. The van der Waals surface area contributed by atoms with Crippen molar-refractivity contribution in [2.24, 2.45) is 17.3 Å². The molecule has 140 valence electrons. The molecule has 0 radical (unpaired) electrons. The first kappa shape index (κ1) is 22.4. The van der Waals surface area contributed by atoms with Crippen LogP contribution in [0.5, 0.6) is 0 Å². The molecule has 6 nitrogen and oxygen atoms in total. The SMILES string of the molecule is CCCCC(C(=O)NCCCOC(=O)C(C)(C)CC)C(C)C(=O)O. The predicted molar refractivity (Wildman–Crippen MR) is 92.5 cm³/mol. The third kappa shape index (κ3) is 7.79. The van der Waals surface area contributed by atoms with E-state index < -0.39 is 23.2 Å². The summed E-state index contributed by atoms with van der Waals surface area (Å²) in [6.45, 7) is 9.79. The number of carbonyl (C=O) groups is 3. The molecule has 2 atom stereocenters. The van der Waals surface area contributed by atoms with Gasteiger partial charge in [-0.3, -0.25) is 14.4 Å². The molecule has 0 spiro atoms. The zero-order valence-corrected chi connectivity index (χ0v) is 15.7. The minimum Gasteiger partial charge on any atom is -0.481 e. The van der Waals surface area contributed by atoms with Gasteiger partial charge in [0.2, 0.25) is 5.91 Å². The molecule has 0 aromatic carbocycles. The van der Waals surface area contributed by atoms with E-state index >= 15 is 0 Å². The fourth-order valence-corrected chi connectivity index (χ4v) is 2.12. The van der Waals surface area contributed by atoms with E-state index in [1.54, 1.807) is 6.92 Å². The third-order valence-corrected chi connectivity index (χ3v) is 4.49. The summed E-state index contributed by atoms with van der Waals surface area (Å²) < 4.78 is 5.21. The fraction of sp³-hybridized carbons (Fsp3) is 0.833. The van der Waals surface area contributed by atoms with Gasteiger partial charge in [0.05, 0.1) is 23.9 Å². The Balaban J connectivity index is 4.25. The van der Waals surface area contributed by atoms with Crippen molar-refractivity contribution in [2.75, 3.05) is 13.2 Å². The number of amides is 1. The molecule has 0 aromatic rings. The highest BCUT2D eigenvalue weighted by Gasteiger charge is 2.29. The molecular formula is C18H33NO5. The lowest BCUT2D eigenvalue weighted by atomic mass is 9.88. The van der Waals surface area contributed by atoms with Crippen molar-refractivity contribution in [3.05, 3.63) is 0 Å². The van der Waals surface area contributed by atoms with Gasteiger partial charge in [-0.15, -0.1) is 0 Å². The van der Waals surface area contributed by atoms with Gasteiger partial charge >= 0.3 is 11.9 Å². The van der Waals surface area contributed by atoms with Crippen LogP contribution in [0.1, 0.15) is 66.7 Å². The number of ether oxygens (including phenoxy) is 1. The first-order valence-corrected chi connectivity index (χ1v) is 8.85. The summed E-state index contributed by atoms with van der Waals surface area (Å²) in [4.78, 5) is 35.2. The summed E-state index contributed by atoms with van der Waals surface area (Å²) >= 11 is 0. The topological polar surface area (TPSA) is 92.7 Å². The van der Waals surface area contributed by atoms with Crippen molar-refractivity contribution >= 4 is 17.8 Å². The number of esters is 1. The average Bonchev–Trinajstić information content (AvgIpc) is 2.54. The number of rotatable bonds is 12. The van der Waals surface area contributed by atoms with Crippen LogP contribution in [0.2, 0.25) is 0 Å². The summed E-state index contributed by atoms with van der Waals surface area (Å²) in [5.41, 5.74) is -0.495. The Morgan fingerprint density at radius 2 is 1.79 bits per heavy atom. The quantitative estimate of drug-likeness (QED) is 0.420. The Kier molecular flexibility index (Phi) is 10.3. The second-order valence-electron chi connectivity index (χ2n) is 6.89. The number of hydrogen-bond acceptors (Lipinski definition) is 4. The largest absolute Gasteiger partial charge is 0.481 e. The molecule has 0 aliphatic rings. The summed E-state index contributed by atoms with van der Waals surface area (Å²) in [5, 5.41) is 11.9. The van der Waals surface area contributed by atoms with Gasteiger partial charge in [0.25, 0.3) is 0 Å². The first-order chi connectivity index (χ1) is 11.2. The summed E-state index contributed by atoms with van der Waals surface area (Å²) in [6, 6.07) is 0. The molecule has 0 saturated carbocycles. The first-order valence-electron chi connectivity index (χ1n) is 8.85. The number of carboxylic acid groups (broad SMARTS) is 1. The molecule has 2 N–H and O–H groups in total. The molecule has 24 heavy (non-hydrogen) atoms. The lowest BCUT2D eigenvalue weighted by Crippen LogP contribution is -2.37. The summed E-state index contributed by atoms with van der Waals surface area (Å²) in [6.07, 6.45) is 3.52. The average molecular weight is 343 g/mol. The third-order valence-electron chi connectivity index (χ3n) is 4.49. The molecule has 1 amide bonds. The number of unbranched alkanes of at least 4 members (excludes halogenated alkanes) is 1. The molecule has 0 rings (SSSR count). The van der Waals surface area contributed by atoms with Gasteiger partial charge in [0.15, 0.2) is 0 Å². The maximum atomic E-state index is 12.2. The van der Waals surface area contributed by atoms with Gasteiger partial charge < -0.3 is 15.2 Å². The number of carbonyl (C=O) groups excluding carboxylic acids is 2. The normalized spacial score (nSPS) is 13.9. The molecular weight excluding hydrogens is 310 g/mol. The summed E-state index contributed by atoms with van der Waals surface area (Å²) in [7, 11) is 0. The van der Waals surface area contributed by atoms with E-state index in [1.807, 2.05) is 27.7 Å². The number of nitrogens with one attached hydrogen (secondary N) is 1. The summed E-state index contributed by atoms with van der Waals surface area (Å²) in [5.74, 6) is -2.67. The van der Waals surface area contributed by atoms with Crippen LogP contribution in [-0.2, 0) is 19.1 Å². The monoisotopic (exact) mass is 343 g/mol. The molecule has 2 unspecified atom stereocenters. The van der Waals surface area contributed by atoms with E-state index in [9.17, 15) is 14.4 Å². The number of carboxylic acids is 1. The van der Waals surface area contributed by atoms with Crippen LogP contribution in [0, 0.1) is 17.3 Å². The molecule has 0 bridgehead atoms. The Morgan fingerprint density at radius 1 is 1.17 bits per heavy atom. The van der Waals surface area contributed by atoms with Gasteiger partial charge in [-0.05, 0) is 33.1 Å². The van der Waals surface area contributed by atoms with Crippen LogP contribution in [0.4, 0.5) is 0 Å². The molecule has 0 heterocycles. The van der Waals surface area contributed by atoms with E-state index in [1.165, 1.54) is 0 Å². The molecule has 0 aliphatic heterocycles. The second-order valence-corrected chi connectivity index (χ2v) is 6.89. The highest BCUT2D eigenvalue weighted by atomic mass is 16.5. The van der Waals surface area contributed by atoms with Crippen molar-refractivity contribution in [2.45, 2.75) is 66.7 Å². The van der Waals surface area contributed by atoms with Crippen molar-refractivity contribution in [3.63, 3.8) is 0 Å². The maximum absolute atomic E-state index is 12.2. The van der Waals surface area contributed by atoms with Crippen LogP contribution in [0.25, 0.3) is 0 Å². The number of hydrogen-bond donors (Lipinski definition) is 2. The predicted octanol–water partition coefficient (Wildman–Crippen LogP) is 3.00. The number of aliphatic carboxylic acids is 1.